The van der Waals surface area contributed by atoms with Crippen LogP contribution in [0.5, 0.6) is 0 Å². The highest BCUT2D eigenvalue weighted by Crippen LogP contribution is 2.48. The molecule has 0 spiro atoms. The topological polar surface area (TPSA) is 144 Å². The number of hydrogen-bond acceptors (Lipinski definition) is 7. The smallest absolute Gasteiger partial charge is 0.244 e. The molecule has 26 heavy (non-hydrogen) atoms. The maximum Gasteiger partial charge on any atom is 0.244 e. The molecule has 3 N–H and O–H groups in total. The summed E-state index contributed by atoms with van der Waals surface area (Å²) in [6.07, 6.45) is 1.51. The van der Waals surface area contributed by atoms with E-state index in [1.54, 1.807) is 6.92 Å². The minimum Gasteiger partial charge on any atom is -0.347 e. The summed E-state index contributed by atoms with van der Waals surface area (Å²) in [5.74, 6) is -0.834. The molecule has 0 aliphatic carbocycles. The standard InChI is InChI=1S/C14H21N3O6S3/c1-4-17(12(19)7-16-9(3)18)11-6-13(26(15,22)23)24-14-10(11)5-8(2)25(14,20)21/h6,8,11H,4-5,7H2,1-3H3,(H,16,18)(H2,15,22,23)/t8-,11-/m0/s1. The van der Waals surface area contributed by atoms with Crippen molar-refractivity contribution in [3.8, 4) is 0 Å². The van der Waals surface area contributed by atoms with E-state index < -0.39 is 37.1 Å². The van der Waals surface area contributed by atoms with E-state index in [0.717, 1.165) is 0 Å². The predicted molar refractivity (Wildman–Crippen MR) is 98.7 cm³/mol. The van der Waals surface area contributed by atoms with Crippen molar-refractivity contribution in [1.82, 2.24) is 10.2 Å². The fourth-order valence-electron chi connectivity index (χ4n) is 2.85. The van der Waals surface area contributed by atoms with Crippen LogP contribution in [-0.4, -0.2) is 57.9 Å². The molecule has 0 unspecified atom stereocenters. The van der Waals surface area contributed by atoms with E-state index in [-0.39, 0.29) is 33.9 Å². The van der Waals surface area contributed by atoms with Crippen molar-refractivity contribution in [3.63, 3.8) is 0 Å². The third kappa shape index (κ3) is 3.97. The van der Waals surface area contributed by atoms with Gasteiger partial charge in [0.15, 0.2) is 9.84 Å². The average molecular weight is 424 g/mol. The van der Waals surface area contributed by atoms with Crippen LogP contribution >= 0.6 is 11.8 Å². The van der Waals surface area contributed by atoms with Crippen LogP contribution in [-0.2, 0) is 29.4 Å². The van der Waals surface area contributed by atoms with Gasteiger partial charge in [-0.25, -0.2) is 22.0 Å². The van der Waals surface area contributed by atoms with Gasteiger partial charge in [-0.15, -0.1) is 0 Å². The van der Waals surface area contributed by atoms with Crippen LogP contribution in [0.1, 0.15) is 27.2 Å². The summed E-state index contributed by atoms with van der Waals surface area (Å²) in [5.41, 5.74) is 0.480. The van der Waals surface area contributed by atoms with E-state index in [4.69, 9.17) is 5.14 Å². The van der Waals surface area contributed by atoms with Gasteiger partial charge in [0.05, 0.1) is 17.8 Å². The van der Waals surface area contributed by atoms with Gasteiger partial charge in [-0.3, -0.25) is 9.59 Å². The Morgan fingerprint density at radius 3 is 2.54 bits per heavy atom. The Morgan fingerprint density at radius 1 is 1.42 bits per heavy atom. The number of primary sulfonamides is 1. The zero-order valence-electron chi connectivity index (χ0n) is 14.6. The van der Waals surface area contributed by atoms with Crippen LogP contribution < -0.4 is 10.5 Å². The summed E-state index contributed by atoms with van der Waals surface area (Å²) in [7, 11) is -7.81. The summed E-state index contributed by atoms with van der Waals surface area (Å²) in [6, 6.07) is -0.842. The first-order chi connectivity index (χ1) is 11.9. The number of nitrogens with one attached hydrogen (secondary N) is 1. The molecule has 146 valence electrons. The molecular weight excluding hydrogens is 402 g/mol. The molecule has 9 nitrogen and oxygen atoms in total. The number of amides is 2. The third-order valence-corrected chi connectivity index (χ3v) is 9.55. The normalized spacial score (nSPS) is 24.7. The molecule has 12 heteroatoms. The first-order valence-corrected chi connectivity index (χ1v) is 11.7. The second kappa shape index (κ2) is 7.33. The summed E-state index contributed by atoms with van der Waals surface area (Å²) in [5, 5.41) is 6.88. The number of hydrogen-bond donors (Lipinski definition) is 2. The summed E-state index contributed by atoms with van der Waals surface area (Å²) < 4.78 is 48.4. The third-order valence-electron chi connectivity index (χ3n) is 4.17. The molecule has 0 fully saturated rings. The first-order valence-electron chi connectivity index (χ1n) is 7.82. The highest BCUT2D eigenvalue weighted by atomic mass is 32.3. The van der Waals surface area contributed by atoms with Gasteiger partial charge >= 0.3 is 0 Å². The Morgan fingerprint density at radius 2 is 2.04 bits per heavy atom. The van der Waals surface area contributed by atoms with Crippen molar-refractivity contribution in [3.05, 3.63) is 20.1 Å². The molecule has 0 aromatic carbocycles. The molecule has 0 saturated heterocycles. The Hall–Kier alpha value is -1.37. The van der Waals surface area contributed by atoms with Gasteiger partial charge in [0.1, 0.15) is 8.47 Å². The zero-order valence-corrected chi connectivity index (χ0v) is 17.0. The van der Waals surface area contributed by atoms with Crippen LogP contribution in [0.3, 0.4) is 0 Å². The van der Waals surface area contributed by atoms with Crippen molar-refractivity contribution < 1.29 is 26.4 Å². The Balaban J connectivity index is 2.50. The maximum absolute atomic E-state index is 12.5. The fraction of sp³-hybridized carbons (Fsp3) is 0.571. The molecular formula is C14H21N3O6S3. The Kier molecular flexibility index (Phi) is 5.90. The molecule has 0 aromatic heterocycles. The van der Waals surface area contributed by atoms with E-state index in [1.165, 1.54) is 24.8 Å². The number of rotatable bonds is 5. The molecule has 0 saturated carbocycles. The molecule has 0 aromatic rings. The fourth-order valence-corrected chi connectivity index (χ4v) is 7.32. The number of nitrogens with zero attached hydrogens (tertiary/aromatic N) is 1. The van der Waals surface area contributed by atoms with E-state index in [9.17, 15) is 26.4 Å². The highest BCUT2D eigenvalue weighted by Gasteiger charge is 2.45. The number of sulfone groups is 1. The maximum atomic E-state index is 12.5. The minimum absolute atomic E-state index is 0.0488. The van der Waals surface area contributed by atoms with E-state index in [0.29, 0.717) is 17.3 Å². The number of carbonyl (C=O) groups is 2. The molecule has 2 atom stereocenters. The van der Waals surface area contributed by atoms with Crippen molar-refractivity contribution >= 4 is 43.4 Å². The molecule has 2 amide bonds. The molecule has 2 heterocycles. The van der Waals surface area contributed by atoms with Crippen molar-refractivity contribution in [2.75, 3.05) is 13.1 Å². The van der Waals surface area contributed by atoms with Crippen LogP contribution in [0.4, 0.5) is 0 Å². The lowest BCUT2D eigenvalue weighted by Crippen LogP contribution is -2.46. The van der Waals surface area contributed by atoms with Crippen molar-refractivity contribution in [2.24, 2.45) is 5.14 Å². The number of nitrogens with two attached hydrogens (primary N) is 1. The van der Waals surface area contributed by atoms with E-state index >= 15 is 0 Å². The number of carbonyl (C=O) groups excluding carboxylic acids is 2. The van der Waals surface area contributed by atoms with Crippen molar-refractivity contribution in [2.45, 2.75) is 38.5 Å². The molecule has 2 rings (SSSR count). The second-order valence-electron chi connectivity index (χ2n) is 6.04. The zero-order chi connectivity index (χ0) is 19.9. The molecule has 2 aliphatic rings. The van der Waals surface area contributed by atoms with Gasteiger partial charge < -0.3 is 10.2 Å². The van der Waals surface area contributed by atoms with Crippen LogP contribution in [0, 0.1) is 0 Å². The highest BCUT2D eigenvalue weighted by molar-refractivity contribution is 8.27. The molecule has 2 aliphatic heterocycles. The minimum atomic E-state index is -4.14. The van der Waals surface area contributed by atoms with Crippen LogP contribution in [0.2, 0.25) is 0 Å². The lowest BCUT2D eigenvalue weighted by Gasteiger charge is -2.32. The lowest BCUT2D eigenvalue weighted by molar-refractivity contribution is -0.133. The molecule has 0 radical (unpaired) electrons. The van der Waals surface area contributed by atoms with Gasteiger partial charge in [-0.1, -0.05) is 11.8 Å². The van der Waals surface area contributed by atoms with Gasteiger partial charge in [-0.2, -0.15) is 0 Å². The Bertz CT molecular complexity index is 904. The lowest BCUT2D eigenvalue weighted by atomic mass is 10.0. The van der Waals surface area contributed by atoms with E-state index in [1.807, 2.05) is 0 Å². The number of likely N-dealkylation sites (N-methyl/N-ethyl adjacent to an activating group) is 1. The summed E-state index contributed by atoms with van der Waals surface area (Å²) in [6.45, 7) is 4.43. The summed E-state index contributed by atoms with van der Waals surface area (Å²) in [4.78, 5) is 24.9. The van der Waals surface area contributed by atoms with Gasteiger partial charge in [0, 0.05) is 13.5 Å². The monoisotopic (exact) mass is 423 g/mol. The quantitative estimate of drug-likeness (QED) is 0.614. The van der Waals surface area contributed by atoms with Crippen molar-refractivity contribution in [1.29, 1.82) is 0 Å². The summed E-state index contributed by atoms with van der Waals surface area (Å²) >= 11 is 0.613. The number of sulfonamides is 1. The number of thioether (sulfide) groups is 1. The van der Waals surface area contributed by atoms with Crippen LogP contribution in [0.25, 0.3) is 0 Å². The SMILES string of the molecule is CCN(C(=O)CNC(C)=O)[C@H]1C=C(S(N)(=O)=O)SC2=C1C[C@H](C)S2(=O)=O. The first kappa shape index (κ1) is 20.9. The van der Waals surface area contributed by atoms with Crippen LogP contribution in [0.15, 0.2) is 20.1 Å². The Labute approximate surface area is 157 Å². The molecule has 0 bridgehead atoms. The largest absolute Gasteiger partial charge is 0.347 e. The van der Waals surface area contributed by atoms with Gasteiger partial charge in [-0.05, 0) is 31.9 Å². The van der Waals surface area contributed by atoms with Gasteiger partial charge in [0.25, 0.3) is 0 Å². The van der Waals surface area contributed by atoms with E-state index in [2.05, 4.69) is 5.32 Å². The second-order valence-corrected chi connectivity index (χ2v) is 11.4. The predicted octanol–water partition coefficient (Wildman–Crippen LogP) is -0.365. The average Bonchev–Trinajstić information content (AvgIpc) is 2.75. The van der Waals surface area contributed by atoms with Gasteiger partial charge in [0.2, 0.25) is 21.8 Å².